The van der Waals surface area contributed by atoms with Crippen molar-refractivity contribution in [3.8, 4) is 5.75 Å². The number of hydrogen-bond donors (Lipinski definition) is 3. The Balaban J connectivity index is 1.81. The van der Waals surface area contributed by atoms with Gasteiger partial charge in [-0.3, -0.25) is 0 Å². The zero-order chi connectivity index (χ0) is 10.7. The van der Waals surface area contributed by atoms with Crippen LogP contribution in [0.4, 0.5) is 0 Å². The second-order valence-electron chi connectivity index (χ2n) is 4.31. The number of phenols is 1. The van der Waals surface area contributed by atoms with Crippen LogP contribution in [0, 0.1) is 0 Å². The van der Waals surface area contributed by atoms with Crippen molar-refractivity contribution in [2.24, 2.45) is 0 Å². The molecule has 0 amide bonds. The maximum absolute atomic E-state index is 9.83. The van der Waals surface area contributed by atoms with E-state index in [1.807, 2.05) is 12.1 Å². The summed E-state index contributed by atoms with van der Waals surface area (Å²) in [6.45, 7) is 1.22. The van der Waals surface area contributed by atoms with Gasteiger partial charge < -0.3 is 15.5 Å². The molecule has 82 valence electrons. The molecule has 1 aliphatic carbocycles. The molecule has 0 saturated heterocycles. The van der Waals surface area contributed by atoms with Crippen LogP contribution >= 0.6 is 0 Å². The highest BCUT2D eigenvalue weighted by Gasteiger charge is 2.33. The number of aromatic hydroxyl groups is 1. The maximum Gasteiger partial charge on any atom is 0.120 e. The smallest absolute Gasteiger partial charge is 0.120 e. The van der Waals surface area contributed by atoms with Crippen LogP contribution in [0.15, 0.2) is 24.3 Å². The number of benzene rings is 1. The summed E-state index contributed by atoms with van der Waals surface area (Å²) in [5, 5.41) is 22.5. The number of para-hydroxylation sites is 1. The van der Waals surface area contributed by atoms with Gasteiger partial charge in [0, 0.05) is 18.7 Å². The average Bonchev–Trinajstić information content (AvgIpc) is 2.18. The minimum atomic E-state index is -0.496. The third-order valence-corrected chi connectivity index (χ3v) is 3.05. The molecule has 3 N–H and O–H groups in total. The van der Waals surface area contributed by atoms with E-state index in [1.54, 1.807) is 12.1 Å². The molecule has 1 aliphatic rings. The third-order valence-electron chi connectivity index (χ3n) is 3.05. The molecule has 0 aromatic heterocycles. The summed E-state index contributed by atoms with van der Waals surface area (Å²) < 4.78 is 0. The van der Waals surface area contributed by atoms with E-state index >= 15 is 0 Å². The molecule has 3 heteroatoms. The fourth-order valence-electron chi connectivity index (χ4n) is 1.85. The van der Waals surface area contributed by atoms with Gasteiger partial charge in [-0.05, 0) is 25.3 Å². The number of aliphatic hydroxyl groups is 1. The molecule has 3 nitrogen and oxygen atoms in total. The van der Waals surface area contributed by atoms with Crippen molar-refractivity contribution in [2.75, 3.05) is 6.54 Å². The molecular weight excluding hydrogens is 190 g/mol. The molecule has 0 heterocycles. The van der Waals surface area contributed by atoms with E-state index in [0.717, 1.165) is 24.8 Å². The minimum absolute atomic E-state index is 0.311. The molecule has 0 atom stereocenters. The highest BCUT2D eigenvalue weighted by atomic mass is 16.3. The van der Waals surface area contributed by atoms with Crippen LogP contribution in [0.1, 0.15) is 24.8 Å². The average molecular weight is 207 g/mol. The Morgan fingerprint density at radius 3 is 2.60 bits per heavy atom. The van der Waals surface area contributed by atoms with Crippen molar-refractivity contribution < 1.29 is 10.2 Å². The molecular formula is C12H17NO2. The van der Waals surface area contributed by atoms with Gasteiger partial charge in [-0.2, -0.15) is 0 Å². The van der Waals surface area contributed by atoms with Crippen LogP contribution in [-0.2, 0) is 6.54 Å². The van der Waals surface area contributed by atoms with Crippen molar-refractivity contribution >= 4 is 0 Å². The zero-order valence-corrected chi connectivity index (χ0v) is 8.74. The Morgan fingerprint density at radius 1 is 1.27 bits per heavy atom. The summed E-state index contributed by atoms with van der Waals surface area (Å²) in [5.74, 6) is 0.311. The lowest BCUT2D eigenvalue weighted by Crippen LogP contribution is -2.45. The summed E-state index contributed by atoms with van der Waals surface area (Å²) in [4.78, 5) is 0. The molecule has 0 spiro atoms. The highest BCUT2D eigenvalue weighted by Crippen LogP contribution is 2.30. The first kappa shape index (κ1) is 10.5. The summed E-state index contributed by atoms with van der Waals surface area (Å²) in [5.41, 5.74) is 0.380. The first-order valence-electron chi connectivity index (χ1n) is 5.40. The summed E-state index contributed by atoms with van der Waals surface area (Å²) in [6, 6.07) is 7.26. The van der Waals surface area contributed by atoms with Crippen LogP contribution in [0.25, 0.3) is 0 Å². The monoisotopic (exact) mass is 207 g/mol. The topological polar surface area (TPSA) is 52.5 Å². The largest absolute Gasteiger partial charge is 0.508 e. The van der Waals surface area contributed by atoms with Gasteiger partial charge in [0.15, 0.2) is 0 Å². The fraction of sp³-hybridized carbons (Fsp3) is 0.500. The molecule has 0 radical (unpaired) electrons. The Kier molecular flexibility index (Phi) is 2.93. The maximum atomic E-state index is 9.83. The van der Waals surface area contributed by atoms with E-state index in [0.29, 0.717) is 18.8 Å². The lowest BCUT2D eigenvalue weighted by atomic mass is 9.80. The fourth-order valence-corrected chi connectivity index (χ4v) is 1.85. The van der Waals surface area contributed by atoms with Crippen molar-refractivity contribution in [3.05, 3.63) is 29.8 Å². The van der Waals surface area contributed by atoms with Crippen LogP contribution < -0.4 is 5.32 Å². The van der Waals surface area contributed by atoms with E-state index in [2.05, 4.69) is 5.32 Å². The van der Waals surface area contributed by atoms with Crippen LogP contribution in [0.2, 0.25) is 0 Å². The van der Waals surface area contributed by atoms with Crippen molar-refractivity contribution in [1.29, 1.82) is 0 Å². The predicted molar refractivity (Wildman–Crippen MR) is 58.6 cm³/mol. The van der Waals surface area contributed by atoms with Gasteiger partial charge in [0.25, 0.3) is 0 Å². The predicted octanol–water partition coefficient (Wildman–Crippen LogP) is 1.40. The number of rotatable bonds is 4. The number of hydrogen-bond acceptors (Lipinski definition) is 3. The molecule has 2 rings (SSSR count). The van der Waals surface area contributed by atoms with E-state index in [1.165, 1.54) is 0 Å². The second-order valence-corrected chi connectivity index (χ2v) is 4.31. The van der Waals surface area contributed by atoms with Crippen LogP contribution in [0.3, 0.4) is 0 Å². The van der Waals surface area contributed by atoms with Crippen LogP contribution in [-0.4, -0.2) is 22.4 Å². The lowest BCUT2D eigenvalue weighted by molar-refractivity contribution is -0.0315. The number of nitrogens with one attached hydrogen (secondary N) is 1. The zero-order valence-electron chi connectivity index (χ0n) is 8.74. The van der Waals surface area contributed by atoms with E-state index < -0.39 is 5.60 Å². The third kappa shape index (κ3) is 2.49. The summed E-state index contributed by atoms with van der Waals surface area (Å²) in [7, 11) is 0. The molecule has 0 unspecified atom stereocenters. The quantitative estimate of drug-likeness (QED) is 0.699. The van der Waals surface area contributed by atoms with Crippen molar-refractivity contribution in [1.82, 2.24) is 5.32 Å². The number of phenolic OH excluding ortho intramolecular Hbond substituents is 1. The molecule has 0 bridgehead atoms. The second kappa shape index (κ2) is 4.21. The lowest BCUT2D eigenvalue weighted by Gasteiger charge is -2.36. The van der Waals surface area contributed by atoms with Gasteiger partial charge in [0.05, 0.1) is 5.60 Å². The molecule has 0 aliphatic heterocycles. The van der Waals surface area contributed by atoms with E-state index in [9.17, 15) is 10.2 Å². The van der Waals surface area contributed by atoms with Gasteiger partial charge in [0.2, 0.25) is 0 Å². The Bertz CT molecular complexity index is 334. The Hall–Kier alpha value is -1.06. The molecule has 1 fully saturated rings. The summed E-state index contributed by atoms with van der Waals surface area (Å²) >= 11 is 0. The SMILES string of the molecule is Oc1ccccc1CNCC1(O)CCC1. The first-order valence-corrected chi connectivity index (χ1v) is 5.40. The molecule has 1 saturated carbocycles. The standard InChI is InChI=1S/C12H17NO2/c14-11-5-2-1-4-10(11)8-13-9-12(15)6-3-7-12/h1-2,4-5,13-15H,3,6-9H2. The van der Waals surface area contributed by atoms with Crippen LogP contribution in [0.5, 0.6) is 5.75 Å². The van der Waals surface area contributed by atoms with Gasteiger partial charge in [-0.1, -0.05) is 18.2 Å². The van der Waals surface area contributed by atoms with Gasteiger partial charge >= 0.3 is 0 Å². The highest BCUT2D eigenvalue weighted by molar-refractivity contribution is 5.31. The van der Waals surface area contributed by atoms with Gasteiger partial charge in [0.1, 0.15) is 5.75 Å². The summed E-state index contributed by atoms with van der Waals surface area (Å²) in [6.07, 6.45) is 2.90. The van der Waals surface area contributed by atoms with E-state index in [-0.39, 0.29) is 0 Å². The molecule has 1 aromatic carbocycles. The van der Waals surface area contributed by atoms with Gasteiger partial charge in [-0.25, -0.2) is 0 Å². The van der Waals surface area contributed by atoms with Gasteiger partial charge in [-0.15, -0.1) is 0 Å². The molecule has 15 heavy (non-hydrogen) atoms. The van der Waals surface area contributed by atoms with Crippen molar-refractivity contribution in [2.45, 2.75) is 31.4 Å². The normalized spacial score (nSPS) is 18.5. The van der Waals surface area contributed by atoms with Crippen molar-refractivity contribution in [3.63, 3.8) is 0 Å². The Morgan fingerprint density at radius 2 is 2.00 bits per heavy atom. The molecule has 1 aromatic rings. The van der Waals surface area contributed by atoms with E-state index in [4.69, 9.17) is 0 Å². The first-order chi connectivity index (χ1) is 7.20. The minimum Gasteiger partial charge on any atom is -0.508 e. The Labute approximate surface area is 89.8 Å².